The van der Waals surface area contributed by atoms with Crippen molar-refractivity contribution in [3.8, 4) is 0 Å². The zero-order valence-electron chi connectivity index (χ0n) is 14.8. The highest BCUT2D eigenvalue weighted by Crippen LogP contribution is 2.20. The van der Waals surface area contributed by atoms with Crippen LogP contribution in [-0.2, 0) is 4.79 Å². The average molecular weight is 447 g/mol. The van der Waals surface area contributed by atoms with Crippen LogP contribution < -0.4 is 5.32 Å². The molecule has 27 heavy (non-hydrogen) atoms. The first-order valence-corrected chi connectivity index (χ1v) is 9.38. The quantitative estimate of drug-likeness (QED) is 0.592. The number of benzene rings is 2. The zero-order valence-corrected chi connectivity index (χ0v) is 17.1. The van der Waals surface area contributed by atoms with Crippen LogP contribution in [0.2, 0.25) is 5.15 Å². The number of aryl methyl sites for hydroxylation is 1. The third-order valence-electron chi connectivity index (χ3n) is 4.09. The van der Waals surface area contributed by atoms with Crippen molar-refractivity contribution in [2.75, 3.05) is 18.9 Å². The molecule has 138 valence electrons. The van der Waals surface area contributed by atoms with Crippen LogP contribution in [0.15, 0.2) is 53.0 Å². The standard InChI is InChI=1S/C20H17BrClN3O2/c1-12-9-15(21)5-7-16(12)24-19(26)11-25(2)20(27)14-3-6-17-13(10-14)4-8-18(22)23-17/h3-10H,11H2,1-2H3,(H,24,26). The Hall–Kier alpha value is -2.44. The lowest BCUT2D eigenvalue weighted by Crippen LogP contribution is -2.35. The molecule has 1 aromatic heterocycles. The molecule has 0 aliphatic heterocycles. The normalized spacial score (nSPS) is 10.7. The van der Waals surface area contributed by atoms with Gasteiger partial charge in [-0.15, -0.1) is 0 Å². The van der Waals surface area contributed by atoms with Crippen molar-refractivity contribution in [2.24, 2.45) is 0 Å². The molecule has 2 amide bonds. The summed E-state index contributed by atoms with van der Waals surface area (Å²) in [5.41, 5.74) is 2.86. The van der Waals surface area contributed by atoms with Crippen molar-refractivity contribution >= 4 is 55.9 Å². The highest BCUT2D eigenvalue weighted by molar-refractivity contribution is 9.10. The smallest absolute Gasteiger partial charge is 0.254 e. The number of anilines is 1. The molecule has 0 spiro atoms. The van der Waals surface area contributed by atoms with Gasteiger partial charge in [-0.2, -0.15) is 0 Å². The van der Waals surface area contributed by atoms with Crippen molar-refractivity contribution < 1.29 is 9.59 Å². The molecule has 0 atom stereocenters. The maximum Gasteiger partial charge on any atom is 0.254 e. The predicted octanol–water partition coefficient (Wildman–Crippen LogP) is 4.67. The number of hydrogen-bond donors (Lipinski definition) is 1. The van der Waals surface area contributed by atoms with E-state index in [0.717, 1.165) is 21.1 Å². The number of aromatic nitrogens is 1. The highest BCUT2D eigenvalue weighted by atomic mass is 79.9. The van der Waals surface area contributed by atoms with E-state index < -0.39 is 0 Å². The van der Waals surface area contributed by atoms with Gasteiger partial charge in [0.15, 0.2) is 0 Å². The van der Waals surface area contributed by atoms with Gasteiger partial charge in [0, 0.05) is 28.2 Å². The van der Waals surface area contributed by atoms with E-state index in [2.05, 4.69) is 26.2 Å². The molecular formula is C20H17BrClN3O2. The molecule has 7 heteroatoms. The van der Waals surface area contributed by atoms with Crippen LogP contribution >= 0.6 is 27.5 Å². The molecule has 0 saturated heterocycles. The maximum atomic E-state index is 12.6. The van der Waals surface area contributed by atoms with Crippen LogP contribution in [0.1, 0.15) is 15.9 Å². The van der Waals surface area contributed by atoms with E-state index in [-0.39, 0.29) is 18.4 Å². The highest BCUT2D eigenvalue weighted by Gasteiger charge is 2.16. The molecule has 1 heterocycles. The molecule has 0 radical (unpaired) electrons. The van der Waals surface area contributed by atoms with Gasteiger partial charge in [-0.1, -0.05) is 27.5 Å². The summed E-state index contributed by atoms with van der Waals surface area (Å²) in [6.07, 6.45) is 0. The van der Waals surface area contributed by atoms with E-state index in [1.807, 2.05) is 31.2 Å². The van der Waals surface area contributed by atoms with Gasteiger partial charge in [0.05, 0.1) is 12.1 Å². The fourth-order valence-corrected chi connectivity index (χ4v) is 3.33. The minimum Gasteiger partial charge on any atom is -0.332 e. The Morgan fingerprint density at radius 3 is 2.67 bits per heavy atom. The number of nitrogens with one attached hydrogen (secondary N) is 1. The maximum absolute atomic E-state index is 12.6. The SMILES string of the molecule is Cc1cc(Br)ccc1NC(=O)CN(C)C(=O)c1ccc2nc(Cl)ccc2c1. The lowest BCUT2D eigenvalue weighted by Gasteiger charge is -2.18. The summed E-state index contributed by atoms with van der Waals surface area (Å²) in [6, 6.07) is 14.2. The molecule has 0 bridgehead atoms. The second-order valence-corrected chi connectivity index (χ2v) is 7.51. The first-order chi connectivity index (χ1) is 12.8. The Labute approximate surface area is 170 Å². The average Bonchev–Trinajstić information content (AvgIpc) is 2.63. The summed E-state index contributed by atoms with van der Waals surface area (Å²) in [7, 11) is 1.60. The molecule has 0 unspecified atom stereocenters. The van der Waals surface area contributed by atoms with E-state index in [0.29, 0.717) is 16.2 Å². The molecule has 1 N–H and O–H groups in total. The number of nitrogens with zero attached hydrogens (tertiary/aromatic N) is 2. The van der Waals surface area contributed by atoms with E-state index in [4.69, 9.17) is 11.6 Å². The second kappa shape index (κ2) is 8.06. The zero-order chi connectivity index (χ0) is 19.6. The van der Waals surface area contributed by atoms with Crippen LogP contribution in [0.25, 0.3) is 10.9 Å². The van der Waals surface area contributed by atoms with Gasteiger partial charge >= 0.3 is 0 Å². The van der Waals surface area contributed by atoms with Crippen molar-refractivity contribution in [2.45, 2.75) is 6.92 Å². The van der Waals surface area contributed by atoms with Gasteiger partial charge in [-0.05, 0) is 61.0 Å². The number of likely N-dealkylation sites (N-methyl/N-ethyl adjacent to an activating group) is 1. The number of pyridine rings is 1. The summed E-state index contributed by atoms with van der Waals surface area (Å²) in [5, 5.41) is 4.05. The first kappa shape index (κ1) is 19.3. The van der Waals surface area contributed by atoms with E-state index in [9.17, 15) is 9.59 Å². The summed E-state index contributed by atoms with van der Waals surface area (Å²) < 4.78 is 0.942. The lowest BCUT2D eigenvalue weighted by atomic mass is 10.1. The van der Waals surface area contributed by atoms with Crippen LogP contribution in [0, 0.1) is 6.92 Å². The van der Waals surface area contributed by atoms with E-state index >= 15 is 0 Å². The number of hydrogen-bond acceptors (Lipinski definition) is 3. The monoisotopic (exact) mass is 445 g/mol. The van der Waals surface area contributed by atoms with Gasteiger partial charge in [0.25, 0.3) is 5.91 Å². The Balaban J connectivity index is 1.69. The summed E-state index contributed by atoms with van der Waals surface area (Å²) >= 11 is 9.27. The summed E-state index contributed by atoms with van der Waals surface area (Å²) in [4.78, 5) is 30.5. The molecule has 5 nitrogen and oxygen atoms in total. The Morgan fingerprint density at radius 1 is 1.15 bits per heavy atom. The Morgan fingerprint density at radius 2 is 1.93 bits per heavy atom. The summed E-state index contributed by atoms with van der Waals surface area (Å²) in [5.74, 6) is -0.500. The first-order valence-electron chi connectivity index (χ1n) is 8.21. The van der Waals surface area contributed by atoms with Crippen LogP contribution in [0.4, 0.5) is 5.69 Å². The minimum absolute atomic E-state index is 0.0504. The number of amides is 2. The van der Waals surface area contributed by atoms with Crippen LogP contribution in [0.3, 0.4) is 0 Å². The van der Waals surface area contributed by atoms with Gasteiger partial charge in [0.2, 0.25) is 5.91 Å². The minimum atomic E-state index is -0.259. The number of rotatable bonds is 4. The van der Waals surface area contributed by atoms with E-state index in [1.54, 1.807) is 31.3 Å². The number of fused-ring (bicyclic) bond motifs is 1. The fourth-order valence-electron chi connectivity index (χ4n) is 2.70. The molecule has 3 aromatic rings. The molecular weight excluding hydrogens is 430 g/mol. The van der Waals surface area contributed by atoms with Gasteiger partial charge < -0.3 is 10.2 Å². The number of carbonyl (C=O) groups is 2. The molecule has 0 fully saturated rings. The third kappa shape index (κ3) is 4.64. The molecule has 0 aliphatic rings. The lowest BCUT2D eigenvalue weighted by molar-refractivity contribution is -0.116. The van der Waals surface area contributed by atoms with Crippen molar-refractivity contribution in [3.63, 3.8) is 0 Å². The van der Waals surface area contributed by atoms with Gasteiger partial charge in [-0.25, -0.2) is 4.98 Å². The van der Waals surface area contributed by atoms with E-state index in [1.165, 1.54) is 4.90 Å². The van der Waals surface area contributed by atoms with Gasteiger partial charge in [0.1, 0.15) is 5.15 Å². The molecule has 0 saturated carbocycles. The van der Waals surface area contributed by atoms with Gasteiger partial charge in [-0.3, -0.25) is 9.59 Å². The number of halogens is 2. The molecule has 2 aromatic carbocycles. The van der Waals surface area contributed by atoms with Crippen molar-refractivity contribution in [1.29, 1.82) is 0 Å². The fraction of sp³-hybridized carbons (Fsp3) is 0.150. The molecule has 3 rings (SSSR count). The second-order valence-electron chi connectivity index (χ2n) is 6.21. The predicted molar refractivity (Wildman–Crippen MR) is 111 cm³/mol. The Kier molecular flexibility index (Phi) is 5.77. The van der Waals surface area contributed by atoms with Crippen molar-refractivity contribution in [1.82, 2.24) is 9.88 Å². The molecule has 0 aliphatic carbocycles. The third-order valence-corrected chi connectivity index (χ3v) is 4.80. The van der Waals surface area contributed by atoms with Crippen molar-refractivity contribution in [3.05, 3.63) is 69.3 Å². The van der Waals surface area contributed by atoms with Crippen LogP contribution in [0.5, 0.6) is 0 Å². The topological polar surface area (TPSA) is 62.3 Å². The summed E-state index contributed by atoms with van der Waals surface area (Å²) in [6.45, 7) is 1.86. The number of carbonyl (C=O) groups excluding carboxylic acids is 2. The van der Waals surface area contributed by atoms with Crippen LogP contribution in [-0.4, -0.2) is 35.3 Å². The Bertz CT molecular complexity index is 1040. The largest absolute Gasteiger partial charge is 0.332 e.